The number of para-hydroxylation sites is 1. The van der Waals surface area contributed by atoms with Gasteiger partial charge in [-0.15, -0.1) is 0 Å². The third kappa shape index (κ3) is 6.46. The fourth-order valence-corrected chi connectivity index (χ4v) is 5.20. The molecule has 1 aliphatic heterocycles. The third-order valence-electron chi connectivity index (χ3n) is 7.56. The lowest BCUT2D eigenvalue weighted by Gasteiger charge is -2.31. The molecule has 4 aromatic rings. The highest BCUT2D eigenvalue weighted by Crippen LogP contribution is 2.38. The first-order valence-corrected chi connectivity index (χ1v) is 14.3. The molecule has 43 heavy (non-hydrogen) atoms. The largest absolute Gasteiger partial charge is 0.494 e. The smallest absolute Gasteiger partial charge is 0.247 e. The molecule has 224 valence electrons. The lowest BCUT2D eigenvalue weighted by atomic mass is 10.1. The van der Waals surface area contributed by atoms with E-state index in [1.165, 1.54) is 6.08 Å². The molecule has 0 aliphatic carbocycles. The topological polar surface area (TPSA) is 117 Å². The molecule has 1 fully saturated rings. The summed E-state index contributed by atoms with van der Waals surface area (Å²) in [5.41, 5.74) is 5.66. The van der Waals surface area contributed by atoms with Crippen LogP contribution >= 0.6 is 0 Å². The van der Waals surface area contributed by atoms with Crippen LogP contribution in [0.2, 0.25) is 0 Å². The van der Waals surface area contributed by atoms with Crippen LogP contribution in [0.15, 0.2) is 61.3 Å². The average molecular weight is 583 g/mol. The molecule has 3 N–H and O–H groups in total. The molecular formula is C32H38N8O3. The number of likely N-dealkylation sites (tertiary alicyclic amines) is 1. The normalized spacial score (nSPS) is 12.8. The van der Waals surface area contributed by atoms with E-state index in [2.05, 4.69) is 49.1 Å². The predicted molar refractivity (Wildman–Crippen MR) is 171 cm³/mol. The van der Waals surface area contributed by atoms with Gasteiger partial charge in [0.1, 0.15) is 5.75 Å². The van der Waals surface area contributed by atoms with Crippen molar-refractivity contribution >= 4 is 45.7 Å². The molecule has 11 heteroatoms. The number of amides is 2. The van der Waals surface area contributed by atoms with Gasteiger partial charge in [0.2, 0.25) is 17.8 Å². The number of aromatic nitrogens is 3. The summed E-state index contributed by atoms with van der Waals surface area (Å²) in [5.74, 6) is 0.753. The standard InChI is InChI=1S/C32H38N8O3/c1-6-29(41)35-24-18-25(28(43-5)19-23(24)33-14-9-16-38(2)3)37-32-34-15-12-22(36-32)31-21-10-7-8-11-26(21)39(4)27(31)20-40-17-13-30(40)42/h6-8,10-12,15,18-19,33H,1,9,13-14,16-17,20H2,2-5H3,(H,35,41)(H,34,36,37). The van der Waals surface area contributed by atoms with Crippen molar-refractivity contribution in [3.8, 4) is 17.0 Å². The lowest BCUT2D eigenvalue weighted by Crippen LogP contribution is -2.42. The Balaban J connectivity index is 1.49. The number of nitrogens with one attached hydrogen (secondary N) is 3. The number of carbonyl (C=O) groups is 2. The van der Waals surface area contributed by atoms with Crippen LogP contribution in [0.3, 0.4) is 0 Å². The highest BCUT2D eigenvalue weighted by atomic mass is 16.5. The fourth-order valence-electron chi connectivity index (χ4n) is 5.20. The van der Waals surface area contributed by atoms with Gasteiger partial charge in [0, 0.05) is 61.0 Å². The second-order valence-electron chi connectivity index (χ2n) is 10.7. The summed E-state index contributed by atoms with van der Waals surface area (Å²) in [4.78, 5) is 37.8. The van der Waals surface area contributed by atoms with Crippen molar-refractivity contribution in [1.29, 1.82) is 0 Å². The minimum Gasteiger partial charge on any atom is -0.494 e. The van der Waals surface area contributed by atoms with Gasteiger partial charge in [-0.3, -0.25) is 9.59 Å². The summed E-state index contributed by atoms with van der Waals surface area (Å²) in [6.07, 6.45) is 4.45. The van der Waals surface area contributed by atoms with Gasteiger partial charge >= 0.3 is 0 Å². The Morgan fingerprint density at radius 2 is 1.98 bits per heavy atom. The van der Waals surface area contributed by atoms with Gasteiger partial charge in [-0.1, -0.05) is 24.8 Å². The summed E-state index contributed by atoms with van der Waals surface area (Å²) in [7, 11) is 7.68. The molecule has 0 bridgehead atoms. The Morgan fingerprint density at radius 3 is 2.67 bits per heavy atom. The van der Waals surface area contributed by atoms with Crippen molar-refractivity contribution < 1.29 is 14.3 Å². The van der Waals surface area contributed by atoms with Gasteiger partial charge in [-0.2, -0.15) is 0 Å². The van der Waals surface area contributed by atoms with Gasteiger partial charge < -0.3 is 35.1 Å². The molecule has 5 rings (SSSR count). The maximum Gasteiger partial charge on any atom is 0.247 e. The maximum atomic E-state index is 12.3. The zero-order valence-electron chi connectivity index (χ0n) is 25.1. The Hall–Kier alpha value is -4.90. The Morgan fingerprint density at radius 1 is 1.16 bits per heavy atom. The molecule has 0 unspecified atom stereocenters. The number of β-lactam (4-membered cyclic amide) rings is 1. The number of aryl methyl sites for hydroxylation is 1. The monoisotopic (exact) mass is 582 g/mol. The first kappa shape index (κ1) is 29.6. The van der Waals surface area contributed by atoms with Crippen molar-refractivity contribution in [2.24, 2.45) is 7.05 Å². The zero-order valence-corrected chi connectivity index (χ0v) is 25.1. The van der Waals surface area contributed by atoms with E-state index in [0.717, 1.165) is 53.1 Å². The van der Waals surface area contributed by atoms with Crippen LogP contribution in [-0.4, -0.2) is 77.0 Å². The molecule has 2 aromatic heterocycles. The molecule has 1 aliphatic rings. The van der Waals surface area contributed by atoms with Gasteiger partial charge in [-0.05, 0) is 51.3 Å². The minimum absolute atomic E-state index is 0.156. The molecular weight excluding hydrogens is 544 g/mol. The van der Waals surface area contributed by atoms with Crippen LogP contribution in [0.5, 0.6) is 5.75 Å². The predicted octanol–water partition coefficient (Wildman–Crippen LogP) is 4.61. The van der Waals surface area contributed by atoms with E-state index in [9.17, 15) is 9.59 Å². The van der Waals surface area contributed by atoms with Crippen molar-refractivity contribution in [1.82, 2.24) is 24.3 Å². The van der Waals surface area contributed by atoms with E-state index in [0.29, 0.717) is 42.6 Å². The molecule has 2 amide bonds. The van der Waals surface area contributed by atoms with Gasteiger partial charge in [-0.25, -0.2) is 9.97 Å². The van der Waals surface area contributed by atoms with Gasteiger partial charge in [0.25, 0.3) is 0 Å². The molecule has 1 saturated heterocycles. The number of hydrogen-bond acceptors (Lipinski definition) is 8. The number of benzene rings is 2. The van der Waals surface area contributed by atoms with E-state index in [1.807, 2.05) is 50.3 Å². The molecule has 0 atom stereocenters. The second kappa shape index (κ2) is 13.0. The Bertz CT molecular complexity index is 1660. The SMILES string of the molecule is C=CC(=O)Nc1cc(Nc2nccc(-c3c(CN4CCC4=O)n(C)c4ccccc34)n2)c(OC)cc1NCCCN(C)C. The van der Waals surface area contributed by atoms with E-state index in [1.54, 1.807) is 19.4 Å². The van der Waals surface area contributed by atoms with Crippen LogP contribution in [0.1, 0.15) is 18.5 Å². The van der Waals surface area contributed by atoms with E-state index in [4.69, 9.17) is 9.72 Å². The number of rotatable bonds is 13. The van der Waals surface area contributed by atoms with E-state index in [-0.39, 0.29) is 11.8 Å². The number of fused-ring (bicyclic) bond motifs is 1. The number of nitrogens with zero attached hydrogens (tertiary/aromatic N) is 5. The second-order valence-corrected chi connectivity index (χ2v) is 10.7. The van der Waals surface area contributed by atoms with Crippen LogP contribution in [0.25, 0.3) is 22.2 Å². The van der Waals surface area contributed by atoms with Crippen molar-refractivity contribution in [3.05, 3.63) is 67.0 Å². The lowest BCUT2D eigenvalue weighted by molar-refractivity contribution is -0.140. The quantitative estimate of drug-likeness (QED) is 0.119. The van der Waals surface area contributed by atoms with Crippen LogP contribution < -0.4 is 20.7 Å². The van der Waals surface area contributed by atoms with Crippen LogP contribution in [0, 0.1) is 0 Å². The summed E-state index contributed by atoms with van der Waals surface area (Å²) in [6.45, 7) is 6.49. The van der Waals surface area contributed by atoms with E-state index < -0.39 is 0 Å². The molecule has 11 nitrogen and oxygen atoms in total. The van der Waals surface area contributed by atoms with Crippen molar-refractivity contribution in [3.63, 3.8) is 0 Å². The number of methoxy groups -OCH3 is 1. The summed E-state index contributed by atoms with van der Waals surface area (Å²) < 4.78 is 7.85. The molecule has 2 aromatic carbocycles. The first-order chi connectivity index (χ1) is 20.8. The molecule has 0 radical (unpaired) electrons. The minimum atomic E-state index is -0.324. The maximum absolute atomic E-state index is 12.3. The zero-order chi connectivity index (χ0) is 30.5. The number of hydrogen-bond donors (Lipinski definition) is 3. The molecule has 0 spiro atoms. The highest BCUT2D eigenvalue weighted by molar-refractivity contribution is 6.02. The van der Waals surface area contributed by atoms with Gasteiger partial charge in [0.05, 0.1) is 36.4 Å². The van der Waals surface area contributed by atoms with E-state index >= 15 is 0 Å². The Labute approximate surface area is 251 Å². The number of carbonyl (C=O) groups excluding carboxylic acids is 2. The van der Waals surface area contributed by atoms with Crippen LogP contribution in [-0.2, 0) is 23.2 Å². The average Bonchev–Trinajstić information content (AvgIpc) is 3.29. The fraction of sp³-hybridized carbons (Fsp3) is 0.312. The Kier molecular flexibility index (Phi) is 8.91. The highest BCUT2D eigenvalue weighted by Gasteiger charge is 2.27. The molecule has 0 saturated carbocycles. The third-order valence-corrected chi connectivity index (χ3v) is 7.56. The molecule has 3 heterocycles. The summed E-state index contributed by atoms with van der Waals surface area (Å²) in [5, 5.41) is 10.6. The van der Waals surface area contributed by atoms with Crippen molar-refractivity contribution in [2.75, 3.05) is 56.8 Å². The van der Waals surface area contributed by atoms with Crippen molar-refractivity contribution in [2.45, 2.75) is 19.4 Å². The first-order valence-electron chi connectivity index (χ1n) is 14.3. The van der Waals surface area contributed by atoms with Gasteiger partial charge in [0.15, 0.2) is 0 Å². The summed E-state index contributed by atoms with van der Waals surface area (Å²) >= 11 is 0. The number of ether oxygens (including phenoxy) is 1. The van der Waals surface area contributed by atoms with Crippen LogP contribution in [0.4, 0.5) is 23.0 Å². The summed E-state index contributed by atoms with van der Waals surface area (Å²) in [6, 6.07) is 13.7. The number of anilines is 4.